The van der Waals surface area contributed by atoms with Crippen molar-refractivity contribution < 1.29 is 14.3 Å². The Morgan fingerprint density at radius 1 is 1.20 bits per heavy atom. The molecule has 0 aromatic heterocycles. The third kappa shape index (κ3) is 5.84. The van der Waals surface area contributed by atoms with E-state index in [1.54, 1.807) is 19.1 Å². The number of nitrogens with one attached hydrogen (secondary N) is 2. The molecule has 0 spiro atoms. The van der Waals surface area contributed by atoms with Gasteiger partial charge in [0.25, 0.3) is 0 Å². The molecule has 0 saturated heterocycles. The first kappa shape index (κ1) is 16.2. The molecule has 20 heavy (non-hydrogen) atoms. The van der Waals surface area contributed by atoms with Gasteiger partial charge in [0.1, 0.15) is 0 Å². The maximum atomic E-state index is 11.5. The lowest BCUT2D eigenvalue weighted by Gasteiger charge is -2.06. The second kappa shape index (κ2) is 9.09. The van der Waals surface area contributed by atoms with Crippen molar-refractivity contribution >= 4 is 11.9 Å². The lowest BCUT2D eigenvalue weighted by atomic mass is 10.1. The van der Waals surface area contributed by atoms with Gasteiger partial charge in [-0.15, -0.1) is 0 Å². The molecular weight excluding hydrogens is 256 g/mol. The standard InChI is InChI=1S/C15H22N2O3/c1-3-20-15(19)13-8-6-12(7-9-13)11-17-14(18)5-4-10-16-2/h6-9,16H,3-5,10-11H2,1-2H3,(H,17,18). The van der Waals surface area contributed by atoms with Gasteiger partial charge in [-0.1, -0.05) is 12.1 Å². The Kier molecular flexibility index (Phi) is 7.35. The Labute approximate surface area is 119 Å². The molecule has 1 rings (SSSR count). The molecule has 0 unspecified atom stereocenters. The zero-order valence-corrected chi connectivity index (χ0v) is 12.1. The molecule has 5 nitrogen and oxygen atoms in total. The van der Waals surface area contributed by atoms with Crippen molar-refractivity contribution in [3.05, 3.63) is 35.4 Å². The molecule has 1 amide bonds. The fourth-order valence-electron chi connectivity index (χ4n) is 1.69. The van der Waals surface area contributed by atoms with Crippen molar-refractivity contribution in [2.75, 3.05) is 20.2 Å². The molecule has 0 aliphatic heterocycles. The first-order valence-electron chi connectivity index (χ1n) is 6.84. The van der Waals surface area contributed by atoms with Crippen LogP contribution in [0.25, 0.3) is 0 Å². The van der Waals surface area contributed by atoms with E-state index < -0.39 is 0 Å². The molecule has 0 aliphatic carbocycles. The molecule has 0 bridgehead atoms. The van der Waals surface area contributed by atoms with Gasteiger partial charge in [0.2, 0.25) is 5.91 Å². The Balaban J connectivity index is 2.38. The summed E-state index contributed by atoms with van der Waals surface area (Å²) in [6.45, 7) is 3.45. The minimum atomic E-state index is -0.324. The van der Waals surface area contributed by atoms with E-state index in [0.29, 0.717) is 25.1 Å². The molecule has 1 aromatic carbocycles. The predicted molar refractivity (Wildman–Crippen MR) is 77.4 cm³/mol. The average Bonchev–Trinajstić information content (AvgIpc) is 2.46. The zero-order valence-electron chi connectivity index (χ0n) is 12.1. The highest BCUT2D eigenvalue weighted by atomic mass is 16.5. The molecule has 5 heteroatoms. The third-order valence-electron chi connectivity index (χ3n) is 2.79. The summed E-state index contributed by atoms with van der Waals surface area (Å²) in [4.78, 5) is 23.0. The minimum Gasteiger partial charge on any atom is -0.462 e. The number of ether oxygens (including phenoxy) is 1. The fraction of sp³-hybridized carbons (Fsp3) is 0.467. The van der Waals surface area contributed by atoms with E-state index >= 15 is 0 Å². The maximum absolute atomic E-state index is 11.5. The summed E-state index contributed by atoms with van der Waals surface area (Å²) >= 11 is 0. The Morgan fingerprint density at radius 2 is 1.90 bits per heavy atom. The maximum Gasteiger partial charge on any atom is 0.338 e. The van der Waals surface area contributed by atoms with Gasteiger partial charge in [0.05, 0.1) is 12.2 Å². The summed E-state index contributed by atoms with van der Waals surface area (Å²) in [7, 11) is 1.86. The number of carbonyl (C=O) groups excluding carboxylic acids is 2. The van der Waals surface area contributed by atoms with E-state index in [-0.39, 0.29) is 11.9 Å². The molecule has 110 valence electrons. The van der Waals surface area contributed by atoms with E-state index in [1.165, 1.54) is 0 Å². The van der Waals surface area contributed by atoms with Crippen molar-refractivity contribution in [3.63, 3.8) is 0 Å². The van der Waals surface area contributed by atoms with Crippen molar-refractivity contribution in [1.82, 2.24) is 10.6 Å². The molecule has 0 fully saturated rings. The van der Waals surface area contributed by atoms with Gasteiger partial charge in [-0.25, -0.2) is 4.79 Å². The Hall–Kier alpha value is -1.88. The van der Waals surface area contributed by atoms with Crippen LogP contribution in [0.3, 0.4) is 0 Å². The smallest absolute Gasteiger partial charge is 0.338 e. The van der Waals surface area contributed by atoms with Gasteiger partial charge in [-0.05, 0) is 44.6 Å². The highest BCUT2D eigenvalue weighted by Gasteiger charge is 2.06. The molecule has 0 saturated carbocycles. The first-order chi connectivity index (χ1) is 9.67. The summed E-state index contributed by atoms with van der Waals surface area (Å²) in [5.41, 5.74) is 1.48. The van der Waals surface area contributed by atoms with Crippen LogP contribution in [-0.2, 0) is 16.1 Å². The Morgan fingerprint density at radius 3 is 2.50 bits per heavy atom. The number of esters is 1. The lowest BCUT2D eigenvalue weighted by Crippen LogP contribution is -2.23. The van der Waals surface area contributed by atoms with Gasteiger partial charge < -0.3 is 15.4 Å². The van der Waals surface area contributed by atoms with E-state index in [0.717, 1.165) is 18.5 Å². The van der Waals surface area contributed by atoms with Crippen LogP contribution >= 0.6 is 0 Å². The minimum absolute atomic E-state index is 0.0368. The fourth-order valence-corrected chi connectivity index (χ4v) is 1.69. The summed E-state index contributed by atoms with van der Waals surface area (Å²) in [5, 5.41) is 5.85. The van der Waals surface area contributed by atoms with Crippen LogP contribution in [0.4, 0.5) is 0 Å². The summed E-state index contributed by atoms with van der Waals surface area (Å²) < 4.78 is 4.91. The second-order valence-corrected chi connectivity index (χ2v) is 4.40. The first-order valence-corrected chi connectivity index (χ1v) is 6.84. The number of amides is 1. The van der Waals surface area contributed by atoms with E-state index in [9.17, 15) is 9.59 Å². The van der Waals surface area contributed by atoms with E-state index in [1.807, 2.05) is 19.2 Å². The van der Waals surface area contributed by atoms with Gasteiger partial charge >= 0.3 is 5.97 Å². The van der Waals surface area contributed by atoms with Crippen LogP contribution in [-0.4, -0.2) is 32.1 Å². The van der Waals surface area contributed by atoms with Crippen LogP contribution < -0.4 is 10.6 Å². The molecule has 0 atom stereocenters. The van der Waals surface area contributed by atoms with Gasteiger partial charge in [0, 0.05) is 13.0 Å². The molecule has 0 aliphatic rings. The number of rotatable bonds is 8. The van der Waals surface area contributed by atoms with Crippen molar-refractivity contribution in [2.24, 2.45) is 0 Å². The largest absolute Gasteiger partial charge is 0.462 e. The normalized spacial score (nSPS) is 10.1. The average molecular weight is 278 g/mol. The summed E-state index contributed by atoms with van der Waals surface area (Å²) in [6.07, 6.45) is 1.34. The summed E-state index contributed by atoms with van der Waals surface area (Å²) in [5.74, 6) is -0.287. The molecule has 1 aromatic rings. The molecule has 2 N–H and O–H groups in total. The van der Waals surface area contributed by atoms with Gasteiger partial charge in [-0.3, -0.25) is 4.79 Å². The van der Waals surface area contributed by atoms with Crippen LogP contribution in [0, 0.1) is 0 Å². The molecule has 0 heterocycles. The lowest BCUT2D eigenvalue weighted by molar-refractivity contribution is -0.121. The number of hydrogen-bond donors (Lipinski definition) is 2. The predicted octanol–water partition coefficient (Wildman–Crippen LogP) is 1.48. The van der Waals surface area contributed by atoms with Crippen LogP contribution in [0.5, 0.6) is 0 Å². The number of carbonyl (C=O) groups is 2. The van der Waals surface area contributed by atoms with Crippen LogP contribution in [0.1, 0.15) is 35.7 Å². The molecular formula is C15H22N2O3. The summed E-state index contributed by atoms with van der Waals surface area (Å²) in [6, 6.07) is 7.06. The monoisotopic (exact) mass is 278 g/mol. The Bertz CT molecular complexity index is 429. The SMILES string of the molecule is CCOC(=O)c1ccc(CNC(=O)CCCNC)cc1. The van der Waals surface area contributed by atoms with Crippen molar-refractivity contribution in [1.29, 1.82) is 0 Å². The zero-order chi connectivity index (χ0) is 14.8. The highest BCUT2D eigenvalue weighted by molar-refractivity contribution is 5.89. The molecule has 0 radical (unpaired) electrons. The third-order valence-corrected chi connectivity index (χ3v) is 2.79. The van der Waals surface area contributed by atoms with Crippen molar-refractivity contribution in [2.45, 2.75) is 26.3 Å². The highest BCUT2D eigenvalue weighted by Crippen LogP contribution is 2.06. The quantitative estimate of drug-likeness (QED) is 0.558. The van der Waals surface area contributed by atoms with Gasteiger partial charge in [0.15, 0.2) is 0 Å². The van der Waals surface area contributed by atoms with E-state index in [2.05, 4.69) is 10.6 Å². The van der Waals surface area contributed by atoms with Crippen LogP contribution in [0.2, 0.25) is 0 Å². The number of benzene rings is 1. The second-order valence-electron chi connectivity index (χ2n) is 4.40. The van der Waals surface area contributed by atoms with Gasteiger partial charge in [-0.2, -0.15) is 0 Å². The van der Waals surface area contributed by atoms with Crippen molar-refractivity contribution in [3.8, 4) is 0 Å². The number of hydrogen-bond acceptors (Lipinski definition) is 4. The van der Waals surface area contributed by atoms with E-state index in [4.69, 9.17) is 4.74 Å². The van der Waals surface area contributed by atoms with Crippen LogP contribution in [0.15, 0.2) is 24.3 Å². The topological polar surface area (TPSA) is 67.4 Å².